The SMILES string of the molecule is CCCCCc1ccc(CCCCC)c2c1-c1nc-2nc2[nH]c(nc3nc(nc4[nH]c(n1)c1c(CCCCC)ccc(CCCCC)c41)-c1c(C)ccc(CCCCCCCCCCCO)c1-3)c1c(CCCCC)ccc(CCCCC)c21. The first-order valence-electron chi connectivity index (χ1n) is 33.9. The van der Waals surface area contributed by atoms with Gasteiger partial charge in [0.15, 0.2) is 23.3 Å². The summed E-state index contributed by atoms with van der Waals surface area (Å²) in [5.74, 6) is 2.96. The van der Waals surface area contributed by atoms with Crippen molar-refractivity contribution in [2.75, 3.05) is 6.61 Å². The van der Waals surface area contributed by atoms with Crippen molar-refractivity contribution in [2.24, 2.45) is 0 Å². The van der Waals surface area contributed by atoms with Crippen molar-refractivity contribution < 1.29 is 5.11 Å². The second-order valence-electron chi connectivity index (χ2n) is 24.7. The van der Waals surface area contributed by atoms with E-state index in [1.54, 1.807) is 0 Å². The number of aromatic amines is 2. The number of fused-ring (bicyclic) bond motifs is 20. The molecule has 0 aliphatic carbocycles. The van der Waals surface area contributed by atoms with Gasteiger partial charge in [0, 0.05) is 50.4 Å². The van der Waals surface area contributed by atoms with E-state index < -0.39 is 0 Å². The lowest BCUT2D eigenvalue weighted by Crippen LogP contribution is -1.98. The van der Waals surface area contributed by atoms with Crippen LogP contribution in [0.2, 0.25) is 0 Å². The molecule has 3 N–H and O–H groups in total. The summed E-state index contributed by atoms with van der Waals surface area (Å²) in [6.07, 6.45) is 38.0. The maximum Gasteiger partial charge on any atom is 0.165 e. The van der Waals surface area contributed by atoms with Gasteiger partial charge in [-0.15, -0.1) is 0 Å². The van der Waals surface area contributed by atoms with Crippen LogP contribution < -0.4 is 0 Å². The van der Waals surface area contributed by atoms with Gasteiger partial charge in [0.1, 0.15) is 22.6 Å². The maximum absolute atomic E-state index is 9.27. The van der Waals surface area contributed by atoms with E-state index in [1.165, 1.54) is 138 Å². The lowest BCUT2D eigenvalue weighted by molar-refractivity contribution is 0.282. The van der Waals surface area contributed by atoms with Gasteiger partial charge in [-0.1, -0.05) is 212 Å². The smallest absolute Gasteiger partial charge is 0.165 e. The number of hydrogen-bond donors (Lipinski definition) is 3. The minimum absolute atomic E-state index is 0.305. The maximum atomic E-state index is 9.27. The van der Waals surface area contributed by atoms with Gasteiger partial charge >= 0.3 is 0 Å². The fraction of sp³-hybridized carbons (Fsp3) is 0.568. The third-order valence-corrected chi connectivity index (χ3v) is 18.1. The highest BCUT2D eigenvalue weighted by atomic mass is 16.2. The Morgan fingerprint density at radius 2 is 0.518 bits per heavy atom. The summed E-state index contributed by atoms with van der Waals surface area (Å²) >= 11 is 0. The molecule has 4 aromatic carbocycles. The largest absolute Gasteiger partial charge is 0.396 e. The van der Waals surface area contributed by atoms with Crippen molar-refractivity contribution in [3.05, 3.63) is 93.0 Å². The number of benzene rings is 4. The molecule has 9 heteroatoms. The quantitative estimate of drug-likeness (QED) is 0.0338. The molecule has 9 nitrogen and oxygen atoms in total. The molecule has 2 aliphatic heterocycles. The van der Waals surface area contributed by atoms with Crippen LogP contribution in [0.1, 0.15) is 259 Å². The van der Waals surface area contributed by atoms with E-state index in [-0.39, 0.29) is 0 Å². The Morgan fingerprint density at radius 3 is 0.831 bits per heavy atom. The first-order chi connectivity index (χ1) is 40.8. The molecule has 444 valence electrons. The van der Waals surface area contributed by atoms with Gasteiger partial charge in [-0.25, -0.2) is 29.9 Å². The molecule has 2 aliphatic rings. The van der Waals surface area contributed by atoms with Gasteiger partial charge in [-0.05, 0) is 148 Å². The first-order valence-corrected chi connectivity index (χ1v) is 33.9. The first kappa shape index (κ1) is 61.8. The van der Waals surface area contributed by atoms with Gasteiger partial charge < -0.3 is 15.1 Å². The Morgan fingerprint density at radius 1 is 0.277 bits per heavy atom. The van der Waals surface area contributed by atoms with Crippen molar-refractivity contribution in [3.8, 4) is 45.6 Å². The van der Waals surface area contributed by atoms with E-state index in [2.05, 4.69) is 107 Å². The molecule has 0 saturated heterocycles. The second-order valence-corrected chi connectivity index (χ2v) is 24.7. The molecule has 5 heterocycles. The van der Waals surface area contributed by atoms with Crippen LogP contribution in [-0.4, -0.2) is 51.6 Å². The predicted octanol–water partition coefficient (Wildman–Crippen LogP) is 20.6. The van der Waals surface area contributed by atoms with Crippen molar-refractivity contribution in [1.29, 1.82) is 0 Å². The normalized spacial score (nSPS) is 12.1. The topological polar surface area (TPSA) is 129 Å². The zero-order valence-electron chi connectivity index (χ0n) is 52.5. The van der Waals surface area contributed by atoms with E-state index in [4.69, 9.17) is 29.9 Å². The van der Waals surface area contributed by atoms with Crippen LogP contribution in [0.4, 0.5) is 0 Å². The zero-order valence-corrected chi connectivity index (χ0v) is 52.5. The Labute approximate surface area is 498 Å². The number of nitrogens with one attached hydrogen (secondary N) is 2. The van der Waals surface area contributed by atoms with E-state index in [0.717, 1.165) is 215 Å². The van der Waals surface area contributed by atoms with Gasteiger partial charge in [0.25, 0.3) is 0 Å². The van der Waals surface area contributed by atoms with Crippen LogP contribution in [0.25, 0.3) is 89.7 Å². The van der Waals surface area contributed by atoms with Crippen molar-refractivity contribution >= 4 is 44.1 Å². The molecule has 0 unspecified atom stereocenters. The number of aliphatic hydroxyl groups is 1. The summed E-state index contributed by atoms with van der Waals surface area (Å²) in [4.78, 5) is 42.9. The molecule has 7 aromatic rings. The number of aryl methyl sites for hydroxylation is 8. The van der Waals surface area contributed by atoms with Crippen molar-refractivity contribution in [2.45, 2.75) is 267 Å². The Bertz CT molecular complexity index is 3420. The average molecular weight is 1120 g/mol. The highest BCUT2D eigenvalue weighted by Gasteiger charge is 2.29. The Balaban J connectivity index is 1.40. The van der Waals surface area contributed by atoms with Crippen molar-refractivity contribution in [3.63, 3.8) is 0 Å². The Kier molecular flexibility index (Phi) is 23.3. The minimum atomic E-state index is 0.305. The predicted molar refractivity (Wildman–Crippen MR) is 353 cm³/mol. The standard InChI is InChI=1S/C74H102N8O/c1-8-14-27-35-53-44-45-54(36-28-15-9-2)62-61(53)69-76-67-59-51(7)42-43-52(41-33-25-23-21-20-22-24-26-34-50-83)60(59)68(75-67)77-70-63-55(37-29-16-10-3)46-47-56(38-30-17-11-4)64(63)72(79-70)81-74-66-58(40-32-19-13-6)49-48-57(39-31-18-12-5)65(66)73(82-74)80-71(62)78-69/h42-49,83H,8-41,50H2,1-7H3,(H2,75,76,77,78,79,80,81,82). The number of rotatable bonds is 35. The molecule has 83 heavy (non-hydrogen) atoms. The lowest BCUT2D eigenvalue weighted by atomic mass is 9.91. The molecule has 0 saturated carbocycles. The van der Waals surface area contributed by atoms with Gasteiger partial charge in [0.2, 0.25) is 0 Å². The average Bonchev–Trinajstić information content (AvgIpc) is 2.93. The summed E-state index contributed by atoms with van der Waals surface area (Å²) in [7, 11) is 0. The summed E-state index contributed by atoms with van der Waals surface area (Å²) in [5.41, 5.74) is 18.2. The third kappa shape index (κ3) is 14.8. The molecule has 9 rings (SSSR count). The molecule has 8 bridgehead atoms. The second kappa shape index (κ2) is 31.4. The number of H-pyrrole nitrogens is 2. The molecule has 0 atom stereocenters. The van der Waals surface area contributed by atoms with Crippen molar-refractivity contribution in [1.82, 2.24) is 39.9 Å². The zero-order chi connectivity index (χ0) is 57.9. The fourth-order valence-corrected chi connectivity index (χ4v) is 13.5. The number of unbranched alkanes of at least 4 members (excludes halogenated alkanes) is 20. The van der Waals surface area contributed by atoms with E-state index in [0.29, 0.717) is 6.61 Å². The molecule has 0 amide bonds. The fourth-order valence-electron chi connectivity index (χ4n) is 13.5. The summed E-state index contributed by atoms with van der Waals surface area (Å²) in [6.45, 7) is 16.3. The van der Waals surface area contributed by atoms with E-state index in [9.17, 15) is 5.11 Å². The molecule has 0 fully saturated rings. The highest BCUT2D eigenvalue weighted by molar-refractivity contribution is 6.10. The monoisotopic (exact) mass is 1120 g/mol. The lowest BCUT2D eigenvalue weighted by Gasteiger charge is -2.13. The highest BCUT2D eigenvalue weighted by Crippen LogP contribution is 2.44. The Hall–Kier alpha value is -5.80. The summed E-state index contributed by atoms with van der Waals surface area (Å²) < 4.78 is 0. The summed E-state index contributed by atoms with van der Waals surface area (Å²) in [5, 5.41) is 14.0. The molecular formula is C74H102N8O. The molecule has 3 aromatic heterocycles. The van der Waals surface area contributed by atoms with Crippen LogP contribution in [0.15, 0.2) is 48.5 Å². The van der Waals surface area contributed by atoms with Gasteiger partial charge in [-0.3, -0.25) is 0 Å². The molecular weight excluding hydrogens is 1020 g/mol. The third-order valence-electron chi connectivity index (χ3n) is 18.1. The van der Waals surface area contributed by atoms with E-state index >= 15 is 0 Å². The minimum Gasteiger partial charge on any atom is -0.396 e. The van der Waals surface area contributed by atoms with Crippen LogP contribution in [0, 0.1) is 6.92 Å². The number of nitrogens with zero attached hydrogens (tertiary/aromatic N) is 6. The molecule has 0 radical (unpaired) electrons. The van der Waals surface area contributed by atoms with Gasteiger partial charge in [0.05, 0.1) is 0 Å². The van der Waals surface area contributed by atoms with E-state index in [1.807, 2.05) is 0 Å². The molecule has 0 spiro atoms. The van der Waals surface area contributed by atoms with Crippen LogP contribution in [0.3, 0.4) is 0 Å². The number of aromatic nitrogens is 8. The number of hydrogen-bond acceptors (Lipinski definition) is 7. The van der Waals surface area contributed by atoms with Crippen LogP contribution >= 0.6 is 0 Å². The summed E-state index contributed by atoms with van der Waals surface area (Å²) in [6, 6.07) is 19.1. The van der Waals surface area contributed by atoms with Crippen LogP contribution in [0.5, 0.6) is 0 Å². The van der Waals surface area contributed by atoms with Crippen LogP contribution in [-0.2, 0) is 44.9 Å². The number of aliphatic hydroxyl groups excluding tert-OH is 1. The van der Waals surface area contributed by atoms with Gasteiger partial charge in [-0.2, -0.15) is 0 Å².